The lowest BCUT2D eigenvalue weighted by Crippen LogP contribution is -2.29. The van der Waals surface area contributed by atoms with Gasteiger partial charge in [-0.25, -0.2) is 9.20 Å². The Balaban J connectivity index is 2.36. The zero-order valence-electron chi connectivity index (χ0n) is 8.66. The normalized spacial score (nSPS) is 10.6. The van der Waals surface area contributed by atoms with E-state index in [1.165, 1.54) is 10.6 Å². The van der Waals surface area contributed by atoms with E-state index in [0.717, 1.165) is 16.4 Å². The fourth-order valence-electron chi connectivity index (χ4n) is 1.29. The second-order valence-corrected chi connectivity index (χ2v) is 4.19. The molecule has 0 aliphatic rings. The number of amidine groups is 1. The van der Waals surface area contributed by atoms with Crippen molar-refractivity contribution in [3.8, 4) is 0 Å². The molecule has 0 aromatic carbocycles. The summed E-state index contributed by atoms with van der Waals surface area (Å²) in [6.45, 7) is 0. The van der Waals surface area contributed by atoms with Crippen LogP contribution in [0.25, 0.3) is 5.65 Å². The van der Waals surface area contributed by atoms with Gasteiger partial charge in [0.05, 0.1) is 5.75 Å². The van der Waals surface area contributed by atoms with Crippen LogP contribution in [0.2, 0.25) is 0 Å². The van der Waals surface area contributed by atoms with Gasteiger partial charge in [-0.15, -0.1) is 9.78 Å². The van der Waals surface area contributed by atoms with Crippen molar-refractivity contribution >= 4 is 28.5 Å². The van der Waals surface area contributed by atoms with Crippen molar-refractivity contribution in [1.82, 2.24) is 14.2 Å². The number of hydrogen-bond acceptors (Lipinski definition) is 5. The molecule has 7 nitrogen and oxygen atoms in total. The van der Waals surface area contributed by atoms with Gasteiger partial charge in [0.25, 0.3) is 5.91 Å². The van der Waals surface area contributed by atoms with Crippen LogP contribution in [-0.2, 0) is 0 Å². The minimum absolute atomic E-state index is 0.0842. The predicted octanol–water partition coefficient (Wildman–Crippen LogP) is -0.237. The Bertz CT molecular complexity index is 644. The van der Waals surface area contributed by atoms with Crippen LogP contribution in [0.15, 0.2) is 29.2 Å². The van der Waals surface area contributed by atoms with Crippen molar-refractivity contribution in [2.75, 3.05) is 5.75 Å². The lowest BCUT2D eigenvalue weighted by atomic mass is 10.5. The van der Waals surface area contributed by atoms with Crippen molar-refractivity contribution in [1.29, 1.82) is 5.41 Å². The maximum atomic E-state index is 11.8. The third-order valence-corrected chi connectivity index (χ3v) is 2.72. The van der Waals surface area contributed by atoms with Gasteiger partial charge in [0, 0.05) is 6.20 Å². The number of thioether (sulfide) groups is 1. The van der Waals surface area contributed by atoms with Crippen LogP contribution in [0, 0.1) is 5.41 Å². The second-order valence-electron chi connectivity index (χ2n) is 3.17. The summed E-state index contributed by atoms with van der Waals surface area (Å²) < 4.78 is 2.06. The molecule has 0 bridgehead atoms. The molecular weight excluding hydrogens is 242 g/mol. The van der Waals surface area contributed by atoms with Gasteiger partial charge in [-0.2, -0.15) is 0 Å². The number of nitrogens with zero attached hydrogens (tertiary/aromatic N) is 3. The summed E-state index contributed by atoms with van der Waals surface area (Å²) in [4.78, 5) is 23.4. The van der Waals surface area contributed by atoms with E-state index < -0.39 is 11.6 Å². The van der Waals surface area contributed by atoms with Crippen molar-refractivity contribution < 1.29 is 4.79 Å². The first-order chi connectivity index (χ1) is 8.09. The predicted molar refractivity (Wildman–Crippen MR) is 64.5 cm³/mol. The minimum Gasteiger partial charge on any atom is -0.379 e. The lowest BCUT2D eigenvalue weighted by Gasteiger charge is -1.96. The van der Waals surface area contributed by atoms with Gasteiger partial charge in [-0.3, -0.25) is 10.2 Å². The van der Waals surface area contributed by atoms with E-state index in [9.17, 15) is 9.59 Å². The van der Waals surface area contributed by atoms with E-state index in [0.29, 0.717) is 5.65 Å². The van der Waals surface area contributed by atoms with Crippen LogP contribution in [0.5, 0.6) is 0 Å². The highest BCUT2D eigenvalue weighted by atomic mass is 32.2. The third kappa shape index (κ3) is 2.21. The fraction of sp³-hybridized carbons (Fsp3) is 0.111. The molecule has 88 valence electrons. The van der Waals surface area contributed by atoms with Gasteiger partial charge < -0.3 is 5.73 Å². The Kier molecular flexibility index (Phi) is 2.96. The average molecular weight is 251 g/mol. The first-order valence-corrected chi connectivity index (χ1v) is 5.64. The highest BCUT2D eigenvalue weighted by Gasteiger charge is 2.13. The number of aromatic nitrogens is 3. The van der Waals surface area contributed by atoms with Gasteiger partial charge in [-0.05, 0) is 12.1 Å². The largest absolute Gasteiger partial charge is 0.379 e. The molecule has 0 saturated heterocycles. The Morgan fingerprint density at radius 3 is 2.94 bits per heavy atom. The number of carbonyl (C=O) groups is 1. The molecule has 8 heteroatoms. The molecular formula is C9H9N5O2S. The summed E-state index contributed by atoms with van der Waals surface area (Å²) in [5, 5.41) is 10.7. The zero-order valence-corrected chi connectivity index (χ0v) is 9.48. The molecule has 0 aliphatic carbocycles. The van der Waals surface area contributed by atoms with Crippen molar-refractivity contribution in [2.24, 2.45) is 5.73 Å². The maximum Gasteiger partial charge on any atom is 0.357 e. The van der Waals surface area contributed by atoms with E-state index in [-0.39, 0.29) is 10.9 Å². The van der Waals surface area contributed by atoms with Gasteiger partial charge in [0.15, 0.2) is 10.8 Å². The quantitative estimate of drug-likeness (QED) is 0.566. The molecule has 2 aromatic heterocycles. The van der Waals surface area contributed by atoms with E-state index in [2.05, 4.69) is 5.10 Å². The average Bonchev–Trinajstić information content (AvgIpc) is 2.64. The van der Waals surface area contributed by atoms with Crippen LogP contribution in [0.1, 0.15) is 4.79 Å². The summed E-state index contributed by atoms with van der Waals surface area (Å²) in [6.07, 6.45) is 1.53. The van der Waals surface area contributed by atoms with Crippen LogP contribution in [-0.4, -0.2) is 31.0 Å². The monoisotopic (exact) mass is 251 g/mol. The SMILES string of the molecule is N=C(N)SCC(=O)n1nc2ccccn2c1=O. The first kappa shape index (κ1) is 11.4. The maximum absolute atomic E-state index is 11.8. The number of rotatable bonds is 2. The van der Waals surface area contributed by atoms with Gasteiger partial charge >= 0.3 is 5.69 Å². The van der Waals surface area contributed by atoms with E-state index in [1.54, 1.807) is 18.2 Å². The third-order valence-electron chi connectivity index (χ3n) is 2.02. The highest BCUT2D eigenvalue weighted by Crippen LogP contribution is 2.00. The lowest BCUT2D eigenvalue weighted by molar-refractivity contribution is 0.0922. The number of nitrogens with two attached hydrogens (primary N) is 1. The summed E-state index contributed by atoms with van der Waals surface area (Å²) in [5.41, 5.74) is 5.00. The standard InChI is InChI=1S/C9H9N5O2S/c10-8(11)17-5-7(15)14-9(16)13-4-2-1-3-6(13)12-14/h1-4H,5H2,(H3,10,11). The Morgan fingerprint density at radius 1 is 1.53 bits per heavy atom. The fourth-order valence-corrected chi connectivity index (χ4v) is 1.69. The molecule has 2 rings (SSSR count). The molecule has 3 N–H and O–H groups in total. The molecule has 0 radical (unpaired) electrons. The summed E-state index contributed by atoms with van der Waals surface area (Å²) in [7, 11) is 0. The Hall–Kier alpha value is -2.09. The number of fused-ring (bicyclic) bond motifs is 1. The summed E-state index contributed by atoms with van der Waals surface area (Å²) in [5.74, 6) is -0.585. The molecule has 0 unspecified atom stereocenters. The Morgan fingerprint density at radius 2 is 2.29 bits per heavy atom. The summed E-state index contributed by atoms with van der Waals surface area (Å²) >= 11 is 0.855. The minimum atomic E-state index is -0.519. The first-order valence-electron chi connectivity index (χ1n) is 4.66. The van der Waals surface area contributed by atoms with Gasteiger partial charge in [0.1, 0.15) is 0 Å². The molecule has 0 spiro atoms. The molecule has 0 saturated carbocycles. The molecule has 17 heavy (non-hydrogen) atoms. The number of pyridine rings is 1. The van der Waals surface area contributed by atoms with Crippen molar-refractivity contribution in [3.63, 3.8) is 0 Å². The van der Waals surface area contributed by atoms with Crippen LogP contribution >= 0.6 is 11.8 Å². The Labute approximate surface area is 99.7 Å². The number of nitrogens with one attached hydrogen (secondary N) is 1. The molecule has 0 amide bonds. The molecule has 2 heterocycles. The van der Waals surface area contributed by atoms with Crippen molar-refractivity contribution in [2.45, 2.75) is 0 Å². The van der Waals surface area contributed by atoms with Crippen LogP contribution in [0.4, 0.5) is 0 Å². The smallest absolute Gasteiger partial charge is 0.357 e. The summed E-state index contributed by atoms with van der Waals surface area (Å²) in [6, 6.07) is 5.03. The molecule has 0 atom stereocenters. The van der Waals surface area contributed by atoms with E-state index in [4.69, 9.17) is 11.1 Å². The molecule has 0 fully saturated rings. The van der Waals surface area contributed by atoms with Crippen LogP contribution < -0.4 is 11.4 Å². The topological polar surface area (TPSA) is 106 Å². The van der Waals surface area contributed by atoms with E-state index in [1.807, 2.05) is 0 Å². The van der Waals surface area contributed by atoms with Gasteiger partial charge in [-0.1, -0.05) is 17.8 Å². The van der Waals surface area contributed by atoms with E-state index >= 15 is 0 Å². The molecule has 0 aliphatic heterocycles. The van der Waals surface area contributed by atoms with Crippen molar-refractivity contribution in [3.05, 3.63) is 34.9 Å². The highest BCUT2D eigenvalue weighted by molar-refractivity contribution is 8.14. The zero-order chi connectivity index (χ0) is 12.4. The van der Waals surface area contributed by atoms with Crippen LogP contribution in [0.3, 0.4) is 0 Å². The number of carbonyl (C=O) groups excluding carboxylic acids is 1. The second kappa shape index (κ2) is 4.42. The number of hydrogen-bond donors (Lipinski definition) is 2. The molecule has 2 aromatic rings. The van der Waals surface area contributed by atoms with Gasteiger partial charge in [0.2, 0.25) is 0 Å².